The fourth-order valence-corrected chi connectivity index (χ4v) is 2.60. The Labute approximate surface area is 101 Å². The number of hydrogen-bond acceptors (Lipinski definition) is 2. The van der Waals surface area contributed by atoms with E-state index in [1.165, 1.54) is 44.9 Å². The first-order valence-electron chi connectivity index (χ1n) is 7.03. The molecule has 0 aromatic rings. The fourth-order valence-electron chi connectivity index (χ4n) is 2.60. The van der Waals surface area contributed by atoms with Gasteiger partial charge in [-0.15, -0.1) is 0 Å². The molecule has 2 atom stereocenters. The molecule has 0 aromatic heterocycles. The lowest BCUT2D eigenvalue weighted by Gasteiger charge is -2.20. The largest absolute Gasteiger partial charge is 0.378 e. The second kappa shape index (κ2) is 8.08. The van der Waals surface area contributed by atoms with Crippen molar-refractivity contribution in [3.05, 3.63) is 0 Å². The molecular weight excluding hydrogens is 198 g/mol. The molecule has 1 rings (SSSR count). The minimum absolute atomic E-state index is 0.588. The summed E-state index contributed by atoms with van der Waals surface area (Å²) < 4.78 is 5.63. The molecule has 0 spiro atoms. The highest BCUT2D eigenvalue weighted by Gasteiger charge is 2.14. The van der Waals surface area contributed by atoms with Crippen LogP contribution in [0.2, 0.25) is 0 Å². The number of unbranched alkanes of at least 4 members (excludes halogenated alkanes) is 2. The van der Waals surface area contributed by atoms with Gasteiger partial charge in [-0.3, -0.25) is 0 Å². The molecule has 2 unspecified atom stereocenters. The van der Waals surface area contributed by atoms with E-state index in [1.807, 2.05) is 0 Å². The normalized spacial score (nSPS) is 22.9. The molecular formula is C14H29NO. The smallest absolute Gasteiger partial charge is 0.0576 e. The quantitative estimate of drug-likeness (QED) is 0.642. The molecule has 2 nitrogen and oxygen atoms in total. The molecule has 2 heteroatoms. The zero-order valence-corrected chi connectivity index (χ0v) is 11.3. The van der Waals surface area contributed by atoms with Crippen molar-refractivity contribution in [1.82, 2.24) is 5.32 Å². The Kier molecular flexibility index (Phi) is 7.06. The SMILES string of the molecule is CNC(CCCCCC1CCCO1)C(C)C. The van der Waals surface area contributed by atoms with Crippen LogP contribution in [0.25, 0.3) is 0 Å². The number of nitrogens with one attached hydrogen (secondary N) is 1. The first-order chi connectivity index (χ1) is 7.74. The van der Waals surface area contributed by atoms with E-state index in [0.717, 1.165) is 12.5 Å². The molecule has 1 aliphatic heterocycles. The predicted molar refractivity (Wildman–Crippen MR) is 69.7 cm³/mol. The molecule has 0 saturated carbocycles. The summed E-state index contributed by atoms with van der Waals surface area (Å²) in [5.41, 5.74) is 0. The molecule has 1 fully saturated rings. The van der Waals surface area contributed by atoms with Crippen molar-refractivity contribution in [2.24, 2.45) is 5.92 Å². The molecule has 1 aliphatic rings. The molecule has 1 saturated heterocycles. The van der Waals surface area contributed by atoms with Crippen LogP contribution in [0.3, 0.4) is 0 Å². The van der Waals surface area contributed by atoms with Crippen molar-refractivity contribution in [2.45, 2.75) is 70.9 Å². The van der Waals surface area contributed by atoms with E-state index in [1.54, 1.807) is 0 Å². The van der Waals surface area contributed by atoms with Crippen LogP contribution in [0, 0.1) is 5.92 Å². The van der Waals surface area contributed by atoms with Crippen molar-refractivity contribution in [3.63, 3.8) is 0 Å². The van der Waals surface area contributed by atoms with Gasteiger partial charge in [-0.2, -0.15) is 0 Å². The summed E-state index contributed by atoms with van der Waals surface area (Å²) in [6.07, 6.45) is 9.84. The van der Waals surface area contributed by atoms with E-state index in [0.29, 0.717) is 12.1 Å². The highest BCUT2D eigenvalue weighted by Crippen LogP contribution is 2.19. The van der Waals surface area contributed by atoms with Gasteiger partial charge < -0.3 is 10.1 Å². The zero-order valence-electron chi connectivity index (χ0n) is 11.3. The van der Waals surface area contributed by atoms with Crippen LogP contribution in [0.15, 0.2) is 0 Å². The minimum Gasteiger partial charge on any atom is -0.378 e. The molecule has 16 heavy (non-hydrogen) atoms. The predicted octanol–water partition coefficient (Wildman–Crippen LogP) is 3.36. The molecule has 0 aliphatic carbocycles. The average Bonchev–Trinajstić information content (AvgIpc) is 2.75. The summed E-state index contributed by atoms with van der Waals surface area (Å²) in [5.74, 6) is 0.753. The Bertz CT molecular complexity index is 164. The molecule has 0 bridgehead atoms. The first kappa shape index (κ1) is 14.0. The van der Waals surface area contributed by atoms with Crippen LogP contribution in [-0.2, 0) is 4.74 Å². The highest BCUT2D eigenvalue weighted by molar-refractivity contribution is 4.69. The van der Waals surface area contributed by atoms with Crippen molar-refractivity contribution in [3.8, 4) is 0 Å². The maximum atomic E-state index is 5.63. The van der Waals surface area contributed by atoms with Gasteiger partial charge >= 0.3 is 0 Å². The highest BCUT2D eigenvalue weighted by atomic mass is 16.5. The Morgan fingerprint density at radius 3 is 2.62 bits per heavy atom. The Hall–Kier alpha value is -0.0800. The van der Waals surface area contributed by atoms with Gasteiger partial charge in [0.1, 0.15) is 0 Å². The van der Waals surface area contributed by atoms with Crippen LogP contribution >= 0.6 is 0 Å². The van der Waals surface area contributed by atoms with Gasteiger partial charge in [0.15, 0.2) is 0 Å². The Morgan fingerprint density at radius 2 is 2.06 bits per heavy atom. The van der Waals surface area contributed by atoms with Crippen molar-refractivity contribution in [1.29, 1.82) is 0 Å². The van der Waals surface area contributed by atoms with Gasteiger partial charge in [0.2, 0.25) is 0 Å². The van der Waals surface area contributed by atoms with Crippen LogP contribution in [-0.4, -0.2) is 25.8 Å². The third-order valence-electron chi connectivity index (χ3n) is 3.74. The van der Waals surface area contributed by atoms with E-state index in [4.69, 9.17) is 4.74 Å². The summed E-state index contributed by atoms with van der Waals surface area (Å²) >= 11 is 0. The van der Waals surface area contributed by atoms with Gasteiger partial charge in [-0.25, -0.2) is 0 Å². The lowest BCUT2D eigenvalue weighted by Crippen LogP contribution is -2.30. The van der Waals surface area contributed by atoms with Crippen molar-refractivity contribution < 1.29 is 4.74 Å². The molecule has 1 heterocycles. The van der Waals surface area contributed by atoms with Crippen LogP contribution in [0.5, 0.6) is 0 Å². The van der Waals surface area contributed by atoms with Gasteiger partial charge in [0.25, 0.3) is 0 Å². The van der Waals surface area contributed by atoms with E-state index in [9.17, 15) is 0 Å². The van der Waals surface area contributed by atoms with Gasteiger partial charge in [0, 0.05) is 12.6 Å². The monoisotopic (exact) mass is 227 g/mol. The topological polar surface area (TPSA) is 21.3 Å². The van der Waals surface area contributed by atoms with Gasteiger partial charge in [-0.1, -0.05) is 33.1 Å². The second-order valence-corrected chi connectivity index (χ2v) is 5.41. The summed E-state index contributed by atoms with van der Waals surface area (Å²) in [7, 11) is 2.08. The molecule has 0 aromatic carbocycles. The first-order valence-corrected chi connectivity index (χ1v) is 7.03. The fraction of sp³-hybridized carbons (Fsp3) is 1.00. The molecule has 0 amide bonds. The van der Waals surface area contributed by atoms with E-state index < -0.39 is 0 Å². The summed E-state index contributed by atoms with van der Waals surface area (Å²) in [4.78, 5) is 0. The summed E-state index contributed by atoms with van der Waals surface area (Å²) in [5, 5.41) is 3.41. The Morgan fingerprint density at radius 1 is 1.25 bits per heavy atom. The maximum absolute atomic E-state index is 5.63. The molecule has 1 N–H and O–H groups in total. The van der Waals surface area contributed by atoms with Gasteiger partial charge in [-0.05, 0) is 38.6 Å². The standard InChI is InChI=1S/C14H29NO/c1-12(2)14(15-3)10-6-4-5-8-13-9-7-11-16-13/h12-15H,4-11H2,1-3H3. The number of hydrogen-bond donors (Lipinski definition) is 1. The molecule has 0 radical (unpaired) electrons. The zero-order chi connectivity index (χ0) is 11.8. The van der Waals surface area contributed by atoms with Crippen molar-refractivity contribution in [2.75, 3.05) is 13.7 Å². The third kappa shape index (κ3) is 5.31. The lowest BCUT2D eigenvalue weighted by atomic mass is 9.97. The number of ether oxygens (including phenoxy) is 1. The lowest BCUT2D eigenvalue weighted by molar-refractivity contribution is 0.102. The average molecular weight is 227 g/mol. The van der Waals surface area contributed by atoms with E-state index >= 15 is 0 Å². The minimum atomic E-state index is 0.588. The van der Waals surface area contributed by atoms with Crippen LogP contribution in [0.1, 0.15) is 58.8 Å². The number of rotatable bonds is 8. The second-order valence-electron chi connectivity index (χ2n) is 5.41. The summed E-state index contributed by atoms with van der Waals surface area (Å²) in [6.45, 7) is 5.60. The van der Waals surface area contributed by atoms with Crippen molar-refractivity contribution >= 4 is 0 Å². The van der Waals surface area contributed by atoms with E-state index in [-0.39, 0.29) is 0 Å². The van der Waals surface area contributed by atoms with Gasteiger partial charge in [0.05, 0.1) is 6.10 Å². The van der Waals surface area contributed by atoms with E-state index in [2.05, 4.69) is 26.2 Å². The Balaban J connectivity index is 1.94. The third-order valence-corrected chi connectivity index (χ3v) is 3.74. The maximum Gasteiger partial charge on any atom is 0.0576 e. The van der Waals surface area contributed by atoms with Crippen LogP contribution < -0.4 is 5.32 Å². The summed E-state index contributed by atoms with van der Waals surface area (Å²) in [6, 6.07) is 0.697. The molecule has 96 valence electrons. The van der Waals surface area contributed by atoms with Crippen LogP contribution in [0.4, 0.5) is 0 Å².